The Labute approximate surface area is 252 Å². The van der Waals surface area contributed by atoms with Gasteiger partial charge in [-0.15, -0.1) is 0 Å². The van der Waals surface area contributed by atoms with Gasteiger partial charge in [-0.2, -0.15) is 5.26 Å². The maximum absolute atomic E-state index is 13.4. The molecule has 2 bridgehead atoms. The lowest BCUT2D eigenvalue weighted by Gasteiger charge is -2.64. The zero-order chi connectivity index (χ0) is 30.3. The predicted molar refractivity (Wildman–Crippen MR) is 163 cm³/mol. The van der Waals surface area contributed by atoms with E-state index in [1.54, 1.807) is 0 Å². The van der Waals surface area contributed by atoms with Gasteiger partial charge in [0.2, 0.25) is 5.91 Å². The average molecular weight is 577 g/mol. The first-order chi connectivity index (χ1) is 19.8. The highest BCUT2D eigenvalue weighted by Gasteiger charge is 2.68. The topological polar surface area (TPSA) is 104 Å². The number of rotatable bonds is 8. The van der Waals surface area contributed by atoms with Gasteiger partial charge in [0, 0.05) is 19.1 Å². The van der Waals surface area contributed by atoms with Crippen LogP contribution in [0.15, 0.2) is 30.3 Å². The normalized spacial score (nSPS) is 31.3. The van der Waals surface area contributed by atoms with Gasteiger partial charge in [0.05, 0.1) is 23.7 Å². The summed E-state index contributed by atoms with van der Waals surface area (Å²) in [7, 11) is -0.539. The van der Waals surface area contributed by atoms with Gasteiger partial charge in [-0.1, -0.05) is 65.0 Å². The van der Waals surface area contributed by atoms with Crippen LogP contribution in [0.1, 0.15) is 85.6 Å². The summed E-state index contributed by atoms with van der Waals surface area (Å²) in [4.78, 5) is 28.6. The Morgan fingerprint density at radius 3 is 2.57 bits per heavy atom. The Bertz CT molecular complexity index is 1180. The molecule has 6 rings (SSSR count). The van der Waals surface area contributed by atoms with Gasteiger partial charge in [-0.05, 0) is 80.1 Å². The molecule has 0 radical (unpaired) electrons. The molecule has 1 aromatic carbocycles. The molecule has 2 heterocycles. The van der Waals surface area contributed by atoms with E-state index in [0.717, 1.165) is 31.2 Å². The molecule has 3 amide bonds. The number of urea groups is 1. The van der Waals surface area contributed by atoms with Crippen molar-refractivity contribution in [2.24, 2.45) is 28.6 Å². The zero-order valence-electron chi connectivity index (χ0n) is 26.3. The van der Waals surface area contributed by atoms with E-state index in [2.05, 4.69) is 49.6 Å². The number of hydrogen-bond acceptors (Lipinski definition) is 5. The van der Waals surface area contributed by atoms with Crippen molar-refractivity contribution in [3.8, 4) is 6.07 Å². The lowest BCUT2D eigenvalue weighted by molar-refractivity contribution is -0.199. The van der Waals surface area contributed by atoms with Crippen molar-refractivity contribution in [3.63, 3.8) is 0 Å². The minimum Gasteiger partial charge on any atom is -0.404 e. The summed E-state index contributed by atoms with van der Waals surface area (Å²) < 4.78 is 13.3. The lowest BCUT2D eigenvalue weighted by Crippen LogP contribution is -2.65. The van der Waals surface area contributed by atoms with Crippen LogP contribution in [0.4, 0.5) is 4.79 Å². The fourth-order valence-electron chi connectivity index (χ4n) is 8.09. The molecule has 2 aliphatic heterocycles. The summed E-state index contributed by atoms with van der Waals surface area (Å²) in [5, 5.41) is 16.0. The smallest absolute Gasteiger partial charge is 0.404 e. The van der Waals surface area contributed by atoms with Crippen LogP contribution >= 0.6 is 0 Å². The first-order valence-electron chi connectivity index (χ1n) is 15.9. The predicted octanol–water partition coefficient (Wildman–Crippen LogP) is 5.12. The molecule has 1 aromatic rings. The average Bonchev–Trinajstić information content (AvgIpc) is 3.31. The Balaban J connectivity index is 1.24. The Hall–Kier alpha value is -2.57. The second-order valence-electron chi connectivity index (χ2n) is 15.1. The number of nitrogens with zero attached hydrogens (tertiary/aromatic N) is 2. The summed E-state index contributed by atoms with van der Waals surface area (Å²) in [6.45, 7) is 14.0. The summed E-state index contributed by atoms with van der Waals surface area (Å²) in [5.41, 5.74) is 0.862. The van der Waals surface area contributed by atoms with Crippen LogP contribution in [0.3, 0.4) is 0 Å². The minimum atomic E-state index is -0.674. The standard InChI is InChI=1S/C33H49BN4O4/c1-31(2,3)19-23(20-35)29(39)38-15-11-10-14-25(38)21-36-30(40)37-28(16-22-12-8-7-9-13-22)34-41-27-18-24-17-26(32(24,4)5)33(27,6)42-34/h7-9,12-13,23-28H,10-11,14-19,21H2,1-6H3,(H2,36,37,40)/t23?,24-,25-,26-,27+,28-,33-/m0/s1. The summed E-state index contributed by atoms with van der Waals surface area (Å²) >= 11 is 0. The molecular formula is C33H49BN4O4. The monoisotopic (exact) mass is 576 g/mol. The van der Waals surface area contributed by atoms with Crippen LogP contribution in [0, 0.1) is 39.9 Å². The first-order valence-corrected chi connectivity index (χ1v) is 15.9. The first kappa shape index (κ1) is 30.9. The van der Waals surface area contributed by atoms with Crippen molar-refractivity contribution in [1.82, 2.24) is 15.5 Å². The third-order valence-corrected chi connectivity index (χ3v) is 10.6. The molecule has 42 heavy (non-hydrogen) atoms. The molecular weight excluding hydrogens is 527 g/mol. The molecule has 5 aliphatic rings. The fraction of sp³-hybridized carbons (Fsp3) is 0.727. The number of hydrogen-bond donors (Lipinski definition) is 2. The number of likely N-dealkylation sites (tertiary alicyclic amines) is 1. The maximum Gasteiger partial charge on any atom is 0.482 e. The molecule has 0 aromatic heterocycles. The summed E-state index contributed by atoms with van der Waals surface area (Å²) in [6.07, 6.45) is 6.01. The van der Waals surface area contributed by atoms with Crippen LogP contribution in [-0.2, 0) is 20.5 Å². The SMILES string of the molecule is CC(C)(C)CC(C#N)C(=O)N1CCCC[C@H]1CNC(=O)N[C@@H](Cc1ccccc1)B1O[C@@H]2C[C@@H]3C[C@@H](C3(C)C)[C@]2(C)O1. The third kappa shape index (κ3) is 6.21. The van der Waals surface area contributed by atoms with Gasteiger partial charge in [0.15, 0.2) is 0 Å². The lowest BCUT2D eigenvalue weighted by atomic mass is 9.43. The largest absolute Gasteiger partial charge is 0.482 e. The van der Waals surface area contributed by atoms with Gasteiger partial charge < -0.3 is 24.8 Å². The number of carbonyl (C=O) groups excluding carboxylic acids is 2. The summed E-state index contributed by atoms with van der Waals surface area (Å²) in [5.74, 6) is -0.0697. The quantitative estimate of drug-likeness (QED) is 0.418. The number of amides is 3. The van der Waals surface area contributed by atoms with Crippen molar-refractivity contribution in [2.45, 2.75) is 110 Å². The van der Waals surface area contributed by atoms with Crippen molar-refractivity contribution >= 4 is 19.1 Å². The molecule has 7 atom stereocenters. The molecule has 3 saturated carbocycles. The van der Waals surface area contributed by atoms with Crippen LogP contribution in [0.5, 0.6) is 0 Å². The van der Waals surface area contributed by atoms with Gasteiger partial charge in [0.1, 0.15) is 5.92 Å². The molecule has 2 N–H and O–H groups in total. The van der Waals surface area contributed by atoms with E-state index >= 15 is 0 Å². The Morgan fingerprint density at radius 1 is 1.17 bits per heavy atom. The van der Waals surface area contributed by atoms with E-state index in [4.69, 9.17) is 9.31 Å². The number of nitrogens with one attached hydrogen (secondary N) is 2. The van der Waals surface area contributed by atoms with E-state index in [0.29, 0.717) is 37.8 Å². The minimum absolute atomic E-state index is 0.0328. The molecule has 1 unspecified atom stereocenters. The van der Waals surface area contributed by atoms with Crippen molar-refractivity contribution < 1.29 is 18.9 Å². The van der Waals surface area contributed by atoms with E-state index in [-0.39, 0.29) is 46.5 Å². The second-order valence-corrected chi connectivity index (χ2v) is 15.1. The second kappa shape index (κ2) is 11.8. The Kier molecular flexibility index (Phi) is 8.71. The van der Waals surface area contributed by atoms with Crippen molar-refractivity contribution in [1.29, 1.82) is 5.26 Å². The number of benzene rings is 1. The van der Waals surface area contributed by atoms with Crippen LogP contribution in [0.25, 0.3) is 0 Å². The fourth-order valence-corrected chi connectivity index (χ4v) is 8.09. The van der Waals surface area contributed by atoms with Crippen LogP contribution < -0.4 is 10.6 Å². The highest BCUT2D eigenvalue weighted by molar-refractivity contribution is 6.48. The van der Waals surface area contributed by atoms with Gasteiger partial charge in [0.25, 0.3) is 0 Å². The maximum atomic E-state index is 13.4. The van der Waals surface area contributed by atoms with Gasteiger partial charge >= 0.3 is 13.1 Å². The van der Waals surface area contributed by atoms with E-state index in [1.165, 1.54) is 6.42 Å². The van der Waals surface area contributed by atoms with Crippen LogP contribution in [0.2, 0.25) is 0 Å². The van der Waals surface area contributed by atoms with E-state index in [9.17, 15) is 14.9 Å². The number of carbonyl (C=O) groups is 2. The van der Waals surface area contributed by atoms with Crippen molar-refractivity contribution in [3.05, 3.63) is 35.9 Å². The molecule has 0 spiro atoms. The van der Waals surface area contributed by atoms with Crippen LogP contribution in [-0.4, -0.2) is 60.7 Å². The number of piperidine rings is 1. The molecule has 9 heteroatoms. The number of nitriles is 1. The molecule has 3 aliphatic carbocycles. The third-order valence-electron chi connectivity index (χ3n) is 10.6. The molecule has 2 saturated heterocycles. The molecule has 228 valence electrons. The van der Waals surface area contributed by atoms with E-state index in [1.807, 2.05) is 43.9 Å². The molecule has 8 nitrogen and oxygen atoms in total. The van der Waals surface area contributed by atoms with Gasteiger partial charge in [-0.3, -0.25) is 4.79 Å². The summed E-state index contributed by atoms with van der Waals surface area (Å²) in [6, 6.07) is 11.9. The van der Waals surface area contributed by atoms with Gasteiger partial charge in [-0.25, -0.2) is 4.79 Å². The highest BCUT2D eigenvalue weighted by Crippen LogP contribution is 2.65. The van der Waals surface area contributed by atoms with E-state index < -0.39 is 13.0 Å². The highest BCUT2D eigenvalue weighted by atomic mass is 16.7. The van der Waals surface area contributed by atoms with Crippen molar-refractivity contribution in [2.75, 3.05) is 13.1 Å². The molecule has 5 fully saturated rings. The zero-order valence-corrected chi connectivity index (χ0v) is 26.3. The Morgan fingerprint density at radius 2 is 1.90 bits per heavy atom.